The predicted octanol–water partition coefficient (Wildman–Crippen LogP) is 3.72. The lowest BCUT2D eigenvalue weighted by Crippen LogP contribution is -2.38. The van der Waals surface area contributed by atoms with Crippen LogP contribution in [-0.4, -0.2) is 34.3 Å². The third-order valence-corrected chi connectivity index (χ3v) is 4.98. The van der Waals surface area contributed by atoms with Gasteiger partial charge in [-0.05, 0) is 30.4 Å². The Kier molecular flexibility index (Phi) is 8.29. The number of aryl methyl sites for hydroxylation is 1. The molecule has 1 aliphatic heterocycles. The smallest absolute Gasteiger partial charge is 0.356 e. The zero-order valence-electron chi connectivity index (χ0n) is 16.5. The molecular formula is C19H26F3IN6. The highest BCUT2D eigenvalue weighted by Crippen LogP contribution is 2.31. The lowest BCUT2D eigenvalue weighted by Gasteiger charge is -2.16. The standard InChI is InChI=1S/C19H25F3N6.HI/c1-13(14-5-3-6-15(11-14)19(20,21)22)8-9-24-18(23-2)25-12-17-27-26-16-7-4-10-28(16)17;/h3,5-6,11,13H,4,7-10,12H2,1-2H3,(H2,23,24,25);1H. The molecule has 2 N–H and O–H groups in total. The second-order valence-corrected chi connectivity index (χ2v) is 6.95. The summed E-state index contributed by atoms with van der Waals surface area (Å²) in [7, 11) is 1.68. The Hall–Kier alpha value is -1.85. The maximum absolute atomic E-state index is 12.9. The average molecular weight is 522 g/mol. The zero-order valence-corrected chi connectivity index (χ0v) is 18.8. The van der Waals surface area contributed by atoms with E-state index in [1.807, 2.05) is 6.92 Å². The van der Waals surface area contributed by atoms with E-state index in [1.54, 1.807) is 13.1 Å². The van der Waals surface area contributed by atoms with E-state index in [-0.39, 0.29) is 29.9 Å². The maximum Gasteiger partial charge on any atom is 0.416 e. The van der Waals surface area contributed by atoms with Crippen molar-refractivity contribution in [2.75, 3.05) is 13.6 Å². The van der Waals surface area contributed by atoms with E-state index in [4.69, 9.17) is 0 Å². The second kappa shape index (κ2) is 10.3. The van der Waals surface area contributed by atoms with E-state index >= 15 is 0 Å². The fourth-order valence-electron chi connectivity index (χ4n) is 3.32. The Balaban J connectivity index is 0.00000300. The molecule has 0 saturated heterocycles. The summed E-state index contributed by atoms with van der Waals surface area (Å²) >= 11 is 0. The molecular weight excluding hydrogens is 496 g/mol. The summed E-state index contributed by atoms with van der Waals surface area (Å²) in [5.41, 5.74) is 0.0710. The van der Waals surface area contributed by atoms with Crippen LogP contribution < -0.4 is 10.6 Å². The first-order valence-corrected chi connectivity index (χ1v) is 9.41. The summed E-state index contributed by atoms with van der Waals surface area (Å²) in [5, 5.41) is 14.8. The van der Waals surface area contributed by atoms with Gasteiger partial charge in [0.1, 0.15) is 5.82 Å². The molecule has 0 fully saturated rings. The summed E-state index contributed by atoms with van der Waals surface area (Å²) in [5.74, 6) is 2.53. The van der Waals surface area contributed by atoms with Crippen molar-refractivity contribution >= 4 is 29.9 Å². The molecule has 0 bridgehead atoms. The van der Waals surface area contributed by atoms with Gasteiger partial charge < -0.3 is 15.2 Å². The van der Waals surface area contributed by atoms with Crippen LogP contribution in [0.25, 0.3) is 0 Å². The van der Waals surface area contributed by atoms with Crippen molar-refractivity contribution in [3.63, 3.8) is 0 Å². The molecule has 2 aromatic rings. The molecule has 160 valence electrons. The molecule has 1 atom stereocenters. The Morgan fingerprint density at radius 3 is 2.79 bits per heavy atom. The number of rotatable bonds is 6. The van der Waals surface area contributed by atoms with E-state index in [9.17, 15) is 13.2 Å². The molecule has 1 unspecified atom stereocenters. The number of aliphatic imine (C=N–C) groups is 1. The van der Waals surface area contributed by atoms with E-state index in [2.05, 4.69) is 30.4 Å². The van der Waals surface area contributed by atoms with Crippen LogP contribution in [-0.2, 0) is 25.7 Å². The number of benzene rings is 1. The lowest BCUT2D eigenvalue weighted by molar-refractivity contribution is -0.137. The molecule has 2 heterocycles. The van der Waals surface area contributed by atoms with E-state index < -0.39 is 11.7 Å². The molecule has 3 rings (SSSR count). The number of alkyl halides is 3. The van der Waals surface area contributed by atoms with Gasteiger partial charge in [-0.2, -0.15) is 13.2 Å². The minimum absolute atomic E-state index is 0. The van der Waals surface area contributed by atoms with Crippen molar-refractivity contribution in [2.45, 2.75) is 51.4 Å². The van der Waals surface area contributed by atoms with E-state index in [0.717, 1.165) is 37.1 Å². The summed E-state index contributed by atoms with van der Waals surface area (Å²) in [4.78, 5) is 4.19. The molecule has 29 heavy (non-hydrogen) atoms. The third kappa shape index (κ3) is 6.06. The first-order chi connectivity index (χ1) is 13.4. The monoisotopic (exact) mass is 522 g/mol. The topological polar surface area (TPSA) is 67.1 Å². The van der Waals surface area contributed by atoms with Crippen LogP contribution in [0.4, 0.5) is 13.2 Å². The number of guanidine groups is 1. The van der Waals surface area contributed by atoms with Crippen molar-refractivity contribution in [3.05, 3.63) is 47.0 Å². The molecule has 0 aliphatic carbocycles. The van der Waals surface area contributed by atoms with Crippen molar-refractivity contribution in [3.8, 4) is 0 Å². The molecule has 0 radical (unpaired) electrons. The van der Waals surface area contributed by atoms with Crippen molar-refractivity contribution in [1.82, 2.24) is 25.4 Å². The first-order valence-electron chi connectivity index (χ1n) is 9.41. The van der Waals surface area contributed by atoms with Crippen LogP contribution in [0.3, 0.4) is 0 Å². The van der Waals surface area contributed by atoms with Crippen LogP contribution in [0, 0.1) is 0 Å². The van der Waals surface area contributed by atoms with Gasteiger partial charge in [0.2, 0.25) is 0 Å². The zero-order chi connectivity index (χ0) is 20.1. The fourth-order valence-corrected chi connectivity index (χ4v) is 3.32. The highest BCUT2D eigenvalue weighted by atomic mass is 127. The fraction of sp³-hybridized carbons (Fsp3) is 0.526. The van der Waals surface area contributed by atoms with Gasteiger partial charge in [0.25, 0.3) is 0 Å². The number of aromatic nitrogens is 3. The minimum atomic E-state index is -4.32. The normalized spacial score (nSPS) is 14.9. The van der Waals surface area contributed by atoms with E-state index in [1.165, 1.54) is 12.1 Å². The molecule has 10 heteroatoms. The molecule has 0 spiro atoms. The molecule has 1 aliphatic rings. The highest BCUT2D eigenvalue weighted by molar-refractivity contribution is 14.0. The van der Waals surface area contributed by atoms with Crippen molar-refractivity contribution in [2.24, 2.45) is 4.99 Å². The number of nitrogens with one attached hydrogen (secondary N) is 2. The highest BCUT2D eigenvalue weighted by Gasteiger charge is 2.30. The Morgan fingerprint density at radius 2 is 2.07 bits per heavy atom. The van der Waals surface area contributed by atoms with Crippen molar-refractivity contribution < 1.29 is 13.2 Å². The summed E-state index contributed by atoms with van der Waals surface area (Å²) in [6, 6.07) is 5.52. The molecule has 0 amide bonds. The van der Waals surface area contributed by atoms with Crippen LogP contribution in [0.15, 0.2) is 29.3 Å². The van der Waals surface area contributed by atoms with Crippen LogP contribution >= 0.6 is 24.0 Å². The van der Waals surface area contributed by atoms with Gasteiger partial charge in [-0.1, -0.05) is 25.1 Å². The third-order valence-electron chi connectivity index (χ3n) is 4.98. The van der Waals surface area contributed by atoms with Crippen LogP contribution in [0.2, 0.25) is 0 Å². The largest absolute Gasteiger partial charge is 0.416 e. The SMILES string of the molecule is CN=C(NCCC(C)c1cccc(C(F)(F)F)c1)NCc1nnc2n1CCC2.I. The number of hydrogen-bond donors (Lipinski definition) is 2. The first kappa shape index (κ1) is 23.4. The van der Waals surface area contributed by atoms with Crippen LogP contribution in [0.5, 0.6) is 0 Å². The summed E-state index contributed by atoms with van der Waals surface area (Å²) in [6.07, 6.45) is -1.57. The Morgan fingerprint density at radius 1 is 1.28 bits per heavy atom. The van der Waals surface area contributed by atoms with Gasteiger partial charge in [0.15, 0.2) is 11.8 Å². The second-order valence-electron chi connectivity index (χ2n) is 6.95. The molecule has 1 aromatic carbocycles. The minimum Gasteiger partial charge on any atom is -0.356 e. The predicted molar refractivity (Wildman–Crippen MR) is 116 cm³/mol. The van der Waals surface area contributed by atoms with Gasteiger partial charge in [-0.15, -0.1) is 34.2 Å². The Labute approximate surface area is 185 Å². The number of halogens is 4. The number of nitrogens with zero attached hydrogens (tertiary/aromatic N) is 4. The van der Waals surface area contributed by atoms with Crippen molar-refractivity contribution in [1.29, 1.82) is 0 Å². The molecule has 6 nitrogen and oxygen atoms in total. The molecule has 1 aromatic heterocycles. The summed E-state index contributed by atoms with van der Waals surface area (Å²) in [6.45, 7) is 3.98. The number of fused-ring (bicyclic) bond motifs is 1. The number of hydrogen-bond acceptors (Lipinski definition) is 3. The quantitative estimate of drug-likeness (QED) is 0.345. The molecule has 0 saturated carbocycles. The van der Waals surface area contributed by atoms with E-state index in [0.29, 0.717) is 31.0 Å². The summed E-state index contributed by atoms with van der Waals surface area (Å²) < 4.78 is 40.7. The average Bonchev–Trinajstić information content (AvgIpc) is 3.28. The maximum atomic E-state index is 12.9. The lowest BCUT2D eigenvalue weighted by atomic mass is 9.96. The van der Waals surface area contributed by atoms with Crippen LogP contribution in [0.1, 0.15) is 48.5 Å². The van der Waals surface area contributed by atoms with Gasteiger partial charge in [-0.3, -0.25) is 4.99 Å². The Bertz CT molecular complexity index is 834. The van der Waals surface area contributed by atoms with Gasteiger partial charge in [0, 0.05) is 26.6 Å². The van der Waals surface area contributed by atoms with Gasteiger partial charge in [-0.25, -0.2) is 0 Å². The van der Waals surface area contributed by atoms with Gasteiger partial charge in [0.05, 0.1) is 12.1 Å². The van der Waals surface area contributed by atoms with Gasteiger partial charge >= 0.3 is 6.18 Å².